The highest BCUT2D eigenvalue weighted by atomic mass is 32.1. The van der Waals surface area contributed by atoms with Crippen molar-refractivity contribution in [2.45, 2.75) is 6.54 Å². The zero-order valence-corrected chi connectivity index (χ0v) is 5.27. The summed E-state index contributed by atoms with van der Waals surface area (Å²) in [6, 6.07) is 0. The van der Waals surface area contributed by atoms with Crippen molar-refractivity contribution in [1.82, 2.24) is 0 Å². The minimum atomic E-state index is 0.224. The van der Waals surface area contributed by atoms with Crippen LogP contribution in [0.4, 0.5) is 0 Å². The molecule has 0 aliphatic carbocycles. The molecule has 0 atom stereocenters. The molecule has 0 aromatic carbocycles. The van der Waals surface area contributed by atoms with Gasteiger partial charge in [0.2, 0.25) is 5.51 Å². The fourth-order valence-electron chi connectivity index (χ4n) is 0.504. The molecule has 2 nitrogen and oxygen atoms in total. The minimum absolute atomic E-state index is 0.224. The summed E-state index contributed by atoms with van der Waals surface area (Å²) in [7, 11) is 0. The van der Waals surface area contributed by atoms with Crippen LogP contribution in [0.25, 0.3) is 0 Å². The van der Waals surface area contributed by atoms with E-state index in [9.17, 15) is 0 Å². The van der Waals surface area contributed by atoms with E-state index in [1.165, 1.54) is 0 Å². The summed E-state index contributed by atoms with van der Waals surface area (Å²) >= 11 is 1.63. The first-order valence-electron chi connectivity index (χ1n) is 2.45. The third kappa shape index (κ3) is 1.28. The molecule has 0 radical (unpaired) electrons. The third-order valence-corrected chi connectivity index (χ3v) is 1.56. The van der Waals surface area contributed by atoms with Gasteiger partial charge in [0.25, 0.3) is 0 Å². The van der Waals surface area contributed by atoms with Gasteiger partial charge < -0.3 is 5.11 Å². The van der Waals surface area contributed by atoms with Gasteiger partial charge in [0.15, 0.2) is 12.7 Å². The van der Waals surface area contributed by atoms with Crippen molar-refractivity contribution in [2.24, 2.45) is 0 Å². The maximum atomic E-state index is 8.42. The van der Waals surface area contributed by atoms with E-state index in [-0.39, 0.29) is 6.61 Å². The summed E-state index contributed by atoms with van der Waals surface area (Å²) in [5, 5.41) is 10.4. The maximum Gasteiger partial charge on any atom is 0.224 e. The molecule has 3 heteroatoms. The molecule has 1 heterocycles. The average molecular weight is 130 g/mol. The molecule has 0 spiro atoms. The van der Waals surface area contributed by atoms with Crippen LogP contribution in [0.5, 0.6) is 0 Å². The van der Waals surface area contributed by atoms with E-state index < -0.39 is 0 Å². The Morgan fingerprint density at radius 2 is 2.50 bits per heavy atom. The van der Waals surface area contributed by atoms with E-state index in [2.05, 4.69) is 0 Å². The second kappa shape index (κ2) is 2.79. The van der Waals surface area contributed by atoms with Crippen molar-refractivity contribution in [3.8, 4) is 0 Å². The van der Waals surface area contributed by atoms with E-state index in [1.54, 1.807) is 11.3 Å². The van der Waals surface area contributed by atoms with Crippen molar-refractivity contribution < 1.29 is 9.67 Å². The summed E-state index contributed by atoms with van der Waals surface area (Å²) < 4.78 is 1.95. The zero-order valence-electron chi connectivity index (χ0n) is 4.45. The van der Waals surface area contributed by atoms with Crippen LogP contribution in [0.3, 0.4) is 0 Å². The Balaban J connectivity index is 2.50. The van der Waals surface area contributed by atoms with Gasteiger partial charge >= 0.3 is 0 Å². The summed E-state index contributed by atoms with van der Waals surface area (Å²) in [5.74, 6) is 0. The molecule has 0 aliphatic heterocycles. The number of hydrogen-bond acceptors (Lipinski definition) is 2. The zero-order chi connectivity index (χ0) is 5.82. The Morgan fingerprint density at radius 3 is 3.00 bits per heavy atom. The van der Waals surface area contributed by atoms with Crippen LogP contribution in [0, 0.1) is 0 Å². The van der Waals surface area contributed by atoms with E-state index in [1.807, 2.05) is 21.7 Å². The highest BCUT2D eigenvalue weighted by Crippen LogP contribution is 1.85. The SMILES string of the molecule is OCC[n+]1ccsc1. The molecule has 1 N–H and O–H groups in total. The summed E-state index contributed by atoms with van der Waals surface area (Å²) in [4.78, 5) is 0. The molecular weight excluding hydrogens is 122 g/mol. The summed E-state index contributed by atoms with van der Waals surface area (Å²) in [6.07, 6.45) is 1.95. The predicted octanol–water partition coefficient (Wildman–Crippen LogP) is 0.0279. The normalized spacial score (nSPS) is 9.62. The topological polar surface area (TPSA) is 24.1 Å². The lowest BCUT2D eigenvalue weighted by molar-refractivity contribution is -0.693. The quantitative estimate of drug-likeness (QED) is 0.561. The highest BCUT2D eigenvalue weighted by molar-refractivity contribution is 7.07. The number of aliphatic hydroxyl groups excluding tert-OH is 1. The van der Waals surface area contributed by atoms with Gasteiger partial charge in [-0.05, 0) is 0 Å². The predicted molar refractivity (Wildman–Crippen MR) is 31.6 cm³/mol. The lowest BCUT2D eigenvalue weighted by Gasteiger charge is -1.81. The van der Waals surface area contributed by atoms with Gasteiger partial charge in [-0.15, -0.1) is 0 Å². The van der Waals surface area contributed by atoms with E-state index in [0.29, 0.717) is 6.54 Å². The van der Waals surface area contributed by atoms with Crippen LogP contribution >= 0.6 is 11.3 Å². The first-order chi connectivity index (χ1) is 3.93. The van der Waals surface area contributed by atoms with Gasteiger partial charge in [-0.25, -0.2) is 0 Å². The van der Waals surface area contributed by atoms with Crippen molar-refractivity contribution in [3.05, 3.63) is 17.1 Å². The molecule has 0 unspecified atom stereocenters. The lowest BCUT2D eigenvalue weighted by atomic mass is 10.7. The van der Waals surface area contributed by atoms with Crippen molar-refractivity contribution in [1.29, 1.82) is 0 Å². The molecule has 8 heavy (non-hydrogen) atoms. The van der Waals surface area contributed by atoms with E-state index in [0.717, 1.165) is 0 Å². The molecule has 1 aromatic heterocycles. The van der Waals surface area contributed by atoms with Crippen LogP contribution in [0.2, 0.25) is 0 Å². The number of hydrogen-bond donors (Lipinski definition) is 1. The lowest BCUT2D eigenvalue weighted by Crippen LogP contribution is -2.31. The molecule has 1 rings (SSSR count). The Bertz CT molecular complexity index is 138. The van der Waals surface area contributed by atoms with Gasteiger partial charge in [-0.2, -0.15) is 4.57 Å². The Morgan fingerprint density at radius 1 is 1.62 bits per heavy atom. The van der Waals surface area contributed by atoms with Crippen molar-refractivity contribution in [2.75, 3.05) is 6.61 Å². The number of aromatic nitrogens is 1. The van der Waals surface area contributed by atoms with Crippen molar-refractivity contribution >= 4 is 11.3 Å². The maximum absolute atomic E-state index is 8.42. The minimum Gasteiger partial charge on any atom is -0.390 e. The number of nitrogens with zero attached hydrogens (tertiary/aromatic N) is 1. The monoisotopic (exact) mass is 130 g/mol. The largest absolute Gasteiger partial charge is 0.390 e. The second-order valence-electron chi connectivity index (χ2n) is 1.49. The smallest absolute Gasteiger partial charge is 0.224 e. The second-order valence-corrected chi connectivity index (χ2v) is 2.24. The first-order valence-corrected chi connectivity index (χ1v) is 3.40. The fourth-order valence-corrected chi connectivity index (χ4v) is 1.13. The summed E-state index contributed by atoms with van der Waals surface area (Å²) in [5.41, 5.74) is 1.97. The van der Waals surface area contributed by atoms with Crippen LogP contribution in [-0.2, 0) is 6.54 Å². The van der Waals surface area contributed by atoms with E-state index in [4.69, 9.17) is 5.11 Å². The van der Waals surface area contributed by atoms with Gasteiger partial charge in [0.1, 0.15) is 6.61 Å². The Kier molecular flexibility index (Phi) is 2.00. The molecule has 0 bridgehead atoms. The van der Waals surface area contributed by atoms with Gasteiger partial charge in [0, 0.05) is 0 Å². The molecular formula is C5H8NOS+. The van der Waals surface area contributed by atoms with Gasteiger partial charge in [-0.1, -0.05) is 11.3 Å². The summed E-state index contributed by atoms with van der Waals surface area (Å²) in [6.45, 7) is 0.935. The number of thiazole rings is 1. The van der Waals surface area contributed by atoms with Crippen LogP contribution < -0.4 is 4.57 Å². The Hall–Kier alpha value is -0.410. The van der Waals surface area contributed by atoms with Gasteiger partial charge in [-0.3, -0.25) is 0 Å². The van der Waals surface area contributed by atoms with Gasteiger partial charge in [0.05, 0.1) is 5.38 Å². The first kappa shape index (κ1) is 5.72. The van der Waals surface area contributed by atoms with Crippen LogP contribution in [0.1, 0.15) is 0 Å². The Labute approximate surface area is 52.0 Å². The number of rotatable bonds is 2. The standard InChI is InChI=1S/C5H8NOS/c7-3-1-6-2-4-8-5-6/h2,4-5,7H,1,3H2/q+1. The highest BCUT2D eigenvalue weighted by Gasteiger charge is 1.94. The molecule has 44 valence electrons. The van der Waals surface area contributed by atoms with Crippen LogP contribution in [0.15, 0.2) is 17.1 Å². The van der Waals surface area contributed by atoms with Crippen molar-refractivity contribution in [3.63, 3.8) is 0 Å². The number of aliphatic hydroxyl groups is 1. The molecule has 0 aliphatic rings. The molecule has 0 amide bonds. The molecule has 0 fully saturated rings. The molecule has 0 saturated heterocycles. The fraction of sp³-hybridized carbons (Fsp3) is 0.400. The molecule has 0 saturated carbocycles. The van der Waals surface area contributed by atoms with E-state index >= 15 is 0 Å². The molecule has 1 aromatic rings. The van der Waals surface area contributed by atoms with Crippen LogP contribution in [-0.4, -0.2) is 11.7 Å². The third-order valence-electron chi connectivity index (χ3n) is 0.885. The average Bonchev–Trinajstić information content (AvgIpc) is 2.19.